The lowest BCUT2D eigenvalue weighted by atomic mass is 10.1. The van der Waals surface area contributed by atoms with Gasteiger partial charge in [0.05, 0.1) is 0 Å². The van der Waals surface area contributed by atoms with Crippen LogP contribution in [0.15, 0.2) is 12.1 Å². The van der Waals surface area contributed by atoms with E-state index in [9.17, 15) is 13.2 Å². The topological polar surface area (TPSA) is 46.3 Å². The maximum Gasteiger partial charge on any atom is 0.453 e. The van der Waals surface area contributed by atoms with Crippen LogP contribution in [-0.4, -0.2) is 32.9 Å². The Kier molecular flexibility index (Phi) is 3.92. The molecule has 1 fully saturated rings. The third kappa shape index (κ3) is 2.86. The van der Waals surface area contributed by atoms with Crippen molar-refractivity contribution in [2.24, 2.45) is 0 Å². The van der Waals surface area contributed by atoms with E-state index in [0.29, 0.717) is 11.9 Å². The van der Waals surface area contributed by atoms with Gasteiger partial charge in [0.1, 0.15) is 5.82 Å². The molecule has 1 saturated carbocycles. The highest BCUT2D eigenvalue weighted by Crippen LogP contribution is 2.29. The Balaban J connectivity index is 1.93. The van der Waals surface area contributed by atoms with Gasteiger partial charge in [-0.05, 0) is 25.0 Å². The lowest BCUT2D eigenvalue weighted by molar-refractivity contribution is -0.146. The van der Waals surface area contributed by atoms with Crippen molar-refractivity contribution in [2.75, 3.05) is 11.9 Å². The van der Waals surface area contributed by atoms with E-state index in [0.717, 1.165) is 30.2 Å². The van der Waals surface area contributed by atoms with Crippen LogP contribution in [0.2, 0.25) is 0 Å². The van der Waals surface area contributed by atoms with Crippen LogP contribution in [0.3, 0.4) is 0 Å². The summed E-state index contributed by atoms with van der Waals surface area (Å²) in [5.74, 6) is -0.566. The molecule has 0 spiro atoms. The Morgan fingerprint density at radius 2 is 1.77 bits per heavy atom. The average molecular weight is 313 g/mol. The van der Waals surface area contributed by atoms with Gasteiger partial charge in [-0.3, -0.25) is 0 Å². The molecule has 120 valence electrons. The number of fused-ring (bicyclic) bond motifs is 1. The van der Waals surface area contributed by atoms with Crippen molar-refractivity contribution in [3.05, 3.63) is 18.0 Å². The number of hydrogen-bond donors (Lipinski definition) is 0. The first-order valence-electron chi connectivity index (χ1n) is 7.49. The van der Waals surface area contributed by atoms with Crippen molar-refractivity contribution in [3.8, 4) is 0 Å². The molecular weight excluding hydrogens is 295 g/mol. The minimum atomic E-state index is -4.56. The maximum atomic E-state index is 12.9. The van der Waals surface area contributed by atoms with E-state index in [-0.39, 0.29) is 5.65 Å². The van der Waals surface area contributed by atoms with E-state index in [1.165, 1.54) is 18.9 Å². The molecule has 1 aliphatic rings. The molecule has 8 heteroatoms. The first-order chi connectivity index (χ1) is 10.5. The second-order valence-electron chi connectivity index (χ2n) is 5.74. The van der Waals surface area contributed by atoms with Gasteiger partial charge in [-0.25, -0.2) is 0 Å². The quantitative estimate of drug-likeness (QED) is 0.798. The fraction of sp³-hybridized carbons (Fsp3) is 0.643. The molecule has 0 unspecified atom stereocenters. The van der Waals surface area contributed by atoms with Crippen LogP contribution in [-0.2, 0) is 6.18 Å². The van der Waals surface area contributed by atoms with Crippen molar-refractivity contribution in [3.63, 3.8) is 0 Å². The number of alkyl halides is 3. The number of aromatic nitrogens is 4. The first kappa shape index (κ1) is 15.1. The minimum Gasteiger partial charge on any atom is -0.355 e. The van der Waals surface area contributed by atoms with E-state index >= 15 is 0 Å². The number of halogens is 3. The van der Waals surface area contributed by atoms with Crippen LogP contribution >= 0.6 is 0 Å². The molecule has 2 aromatic heterocycles. The standard InChI is InChI=1S/C14H18F3N5/c1-21(10-6-4-2-3-5-7-10)12-9-8-11-18-19-13(14(15,16)17)22(11)20-12/h8-10H,2-7H2,1H3. The highest BCUT2D eigenvalue weighted by Gasteiger charge is 2.37. The first-order valence-corrected chi connectivity index (χ1v) is 7.49. The smallest absolute Gasteiger partial charge is 0.355 e. The van der Waals surface area contributed by atoms with Gasteiger partial charge in [-0.15, -0.1) is 15.3 Å². The summed E-state index contributed by atoms with van der Waals surface area (Å²) in [4.78, 5) is 1.98. The van der Waals surface area contributed by atoms with E-state index in [1.54, 1.807) is 6.07 Å². The Morgan fingerprint density at radius 1 is 1.09 bits per heavy atom. The maximum absolute atomic E-state index is 12.9. The zero-order valence-electron chi connectivity index (χ0n) is 12.3. The van der Waals surface area contributed by atoms with Crippen molar-refractivity contribution >= 4 is 11.5 Å². The third-order valence-corrected chi connectivity index (χ3v) is 4.24. The van der Waals surface area contributed by atoms with E-state index in [2.05, 4.69) is 15.3 Å². The summed E-state index contributed by atoms with van der Waals surface area (Å²) < 4.78 is 39.5. The van der Waals surface area contributed by atoms with Crippen molar-refractivity contribution < 1.29 is 13.2 Å². The van der Waals surface area contributed by atoms with Gasteiger partial charge in [0, 0.05) is 13.1 Å². The van der Waals surface area contributed by atoms with Gasteiger partial charge in [-0.2, -0.15) is 17.7 Å². The van der Waals surface area contributed by atoms with Crippen LogP contribution in [0.5, 0.6) is 0 Å². The number of rotatable bonds is 2. The SMILES string of the molecule is CN(c1ccc2nnc(C(F)(F)F)n2n1)C1CCCCCC1. The summed E-state index contributed by atoms with van der Waals surface area (Å²) in [5.41, 5.74) is 0.102. The summed E-state index contributed by atoms with van der Waals surface area (Å²) >= 11 is 0. The molecular formula is C14H18F3N5. The van der Waals surface area contributed by atoms with Gasteiger partial charge in [0.15, 0.2) is 5.65 Å². The van der Waals surface area contributed by atoms with Gasteiger partial charge in [0.25, 0.3) is 5.82 Å². The Bertz CT molecular complexity index is 643. The summed E-state index contributed by atoms with van der Waals surface area (Å²) in [6, 6.07) is 3.55. The van der Waals surface area contributed by atoms with Gasteiger partial charge in [0.2, 0.25) is 0 Å². The van der Waals surface area contributed by atoms with Crippen LogP contribution < -0.4 is 4.90 Å². The fourth-order valence-corrected chi connectivity index (χ4v) is 2.98. The summed E-state index contributed by atoms with van der Waals surface area (Å²) in [6.07, 6.45) is 2.28. The van der Waals surface area contributed by atoms with Gasteiger partial charge >= 0.3 is 6.18 Å². The van der Waals surface area contributed by atoms with E-state index in [1.807, 2.05) is 11.9 Å². The van der Waals surface area contributed by atoms with Crippen molar-refractivity contribution in [2.45, 2.75) is 50.7 Å². The largest absolute Gasteiger partial charge is 0.453 e. The normalized spacial score (nSPS) is 17.6. The molecule has 5 nitrogen and oxygen atoms in total. The Morgan fingerprint density at radius 3 is 2.41 bits per heavy atom. The van der Waals surface area contributed by atoms with Crippen LogP contribution in [0.25, 0.3) is 5.65 Å². The molecule has 0 bridgehead atoms. The monoisotopic (exact) mass is 313 g/mol. The highest BCUT2D eigenvalue weighted by atomic mass is 19.4. The summed E-state index contributed by atoms with van der Waals surface area (Å²) in [5, 5.41) is 10.8. The van der Waals surface area contributed by atoms with E-state index < -0.39 is 12.0 Å². The summed E-state index contributed by atoms with van der Waals surface area (Å²) in [6.45, 7) is 0. The predicted octanol–water partition coefficient (Wildman–Crippen LogP) is 3.30. The van der Waals surface area contributed by atoms with Crippen LogP contribution in [0.4, 0.5) is 19.0 Å². The molecule has 22 heavy (non-hydrogen) atoms. The Hall–Kier alpha value is -1.86. The zero-order valence-corrected chi connectivity index (χ0v) is 12.3. The predicted molar refractivity (Wildman–Crippen MR) is 75.7 cm³/mol. The molecule has 2 heterocycles. The molecule has 0 atom stereocenters. The second-order valence-corrected chi connectivity index (χ2v) is 5.74. The zero-order chi connectivity index (χ0) is 15.7. The number of anilines is 1. The molecule has 0 saturated heterocycles. The molecule has 0 radical (unpaired) electrons. The van der Waals surface area contributed by atoms with Crippen molar-refractivity contribution in [1.29, 1.82) is 0 Å². The van der Waals surface area contributed by atoms with Gasteiger partial charge in [-0.1, -0.05) is 25.7 Å². The van der Waals surface area contributed by atoms with Crippen molar-refractivity contribution in [1.82, 2.24) is 19.8 Å². The molecule has 0 N–H and O–H groups in total. The lowest BCUT2D eigenvalue weighted by Gasteiger charge is -2.28. The lowest BCUT2D eigenvalue weighted by Crippen LogP contribution is -2.32. The van der Waals surface area contributed by atoms with Gasteiger partial charge < -0.3 is 4.90 Å². The number of nitrogens with zero attached hydrogens (tertiary/aromatic N) is 5. The molecule has 0 aromatic carbocycles. The average Bonchev–Trinajstić information content (AvgIpc) is 2.72. The molecule has 1 aliphatic carbocycles. The molecule has 0 aliphatic heterocycles. The Labute approximate surface area is 126 Å². The third-order valence-electron chi connectivity index (χ3n) is 4.24. The van der Waals surface area contributed by atoms with E-state index in [4.69, 9.17) is 0 Å². The number of hydrogen-bond acceptors (Lipinski definition) is 4. The van der Waals surface area contributed by atoms with Crippen LogP contribution in [0, 0.1) is 0 Å². The second kappa shape index (κ2) is 5.73. The molecule has 2 aromatic rings. The highest BCUT2D eigenvalue weighted by molar-refractivity contribution is 5.46. The molecule has 3 rings (SSSR count). The fourth-order valence-electron chi connectivity index (χ4n) is 2.98. The summed E-state index contributed by atoms with van der Waals surface area (Å²) in [7, 11) is 1.89. The molecule has 0 amide bonds. The minimum absolute atomic E-state index is 0.102. The van der Waals surface area contributed by atoms with Crippen LogP contribution in [0.1, 0.15) is 44.3 Å².